The molecule has 5 heteroatoms. The number of amides is 1. The second-order valence-corrected chi connectivity index (χ2v) is 8.82. The summed E-state index contributed by atoms with van der Waals surface area (Å²) >= 11 is 0. The van der Waals surface area contributed by atoms with Gasteiger partial charge in [0.2, 0.25) is 0 Å². The Bertz CT molecular complexity index is 819. The fourth-order valence-electron chi connectivity index (χ4n) is 3.90. The van der Waals surface area contributed by atoms with E-state index < -0.39 is 0 Å². The van der Waals surface area contributed by atoms with Gasteiger partial charge in [0.25, 0.3) is 12.4 Å². The van der Waals surface area contributed by atoms with Crippen molar-refractivity contribution in [2.24, 2.45) is 0 Å². The number of hydrogen-bond acceptors (Lipinski definition) is 4. The smallest absolute Gasteiger partial charge is 0.293 e. The summed E-state index contributed by atoms with van der Waals surface area (Å²) in [6, 6.07) is 14.5. The zero-order chi connectivity index (χ0) is 24.3. The largest absolute Gasteiger partial charge is 0.494 e. The van der Waals surface area contributed by atoms with Crippen LogP contribution in [0.5, 0.6) is 5.75 Å². The molecule has 0 atom stereocenters. The van der Waals surface area contributed by atoms with Crippen LogP contribution in [0.25, 0.3) is 0 Å². The number of unbranched alkanes of at least 4 members (excludes halogenated alkanes) is 11. The molecule has 0 aliphatic heterocycles. The van der Waals surface area contributed by atoms with Gasteiger partial charge in [-0.25, -0.2) is 0 Å². The number of anilines is 1. The fourth-order valence-corrected chi connectivity index (χ4v) is 3.90. The molecule has 0 heterocycles. The van der Waals surface area contributed by atoms with Crippen molar-refractivity contribution >= 4 is 18.1 Å². The van der Waals surface area contributed by atoms with Crippen LogP contribution in [-0.2, 0) is 16.1 Å². The van der Waals surface area contributed by atoms with Crippen molar-refractivity contribution in [1.82, 2.24) is 0 Å². The first kappa shape index (κ1) is 27.4. The average Bonchev–Trinajstić information content (AvgIpc) is 2.86. The van der Waals surface area contributed by atoms with Crippen LogP contribution in [-0.4, -0.2) is 19.0 Å². The van der Waals surface area contributed by atoms with Crippen molar-refractivity contribution in [1.29, 1.82) is 0 Å². The Balaban J connectivity index is 1.55. The summed E-state index contributed by atoms with van der Waals surface area (Å²) in [6.45, 7) is 3.53. The van der Waals surface area contributed by atoms with E-state index in [1.54, 1.807) is 18.2 Å². The van der Waals surface area contributed by atoms with Crippen LogP contribution in [0.15, 0.2) is 48.5 Å². The summed E-state index contributed by atoms with van der Waals surface area (Å²) in [4.78, 5) is 22.8. The molecule has 0 fully saturated rings. The highest BCUT2D eigenvalue weighted by Gasteiger charge is 2.07. The lowest BCUT2D eigenvalue weighted by Crippen LogP contribution is -2.12. The summed E-state index contributed by atoms with van der Waals surface area (Å²) in [5.74, 6) is 0.604. The molecule has 34 heavy (non-hydrogen) atoms. The summed E-state index contributed by atoms with van der Waals surface area (Å²) < 4.78 is 10.6. The van der Waals surface area contributed by atoms with Gasteiger partial charge in [0.15, 0.2) is 0 Å². The van der Waals surface area contributed by atoms with E-state index in [4.69, 9.17) is 9.47 Å². The van der Waals surface area contributed by atoms with Gasteiger partial charge in [-0.15, -0.1) is 0 Å². The van der Waals surface area contributed by atoms with Crippen LogP contribution in [0.4, 0.5) is 5.69 Å². The Hall–Kier alpha value is -2.82. The molecule has 0 bridgehead atoms. The third-order valence-electron chi connectivity index (χ3n) is 5.89. The minimum atomic E-state index is -0.210. The van der Waals surface area contributed by atoms with Crippen LogP contribution in [0.2, 0.25) is 0 Å². The standard InChI is InChI=1S/C29H41NO4/c1-2-3-4-5-6-7-8-9-10-11-12-13-21-34-28-19-17-27(18-20-28)30-29(32)26-16-14-15-25(22-26)23-33-24-31/h14-20,22,24H,2-13,21,23H2,1H3,(H,30,32). The van der Waals surface area contributed by atoms with Crippen LogP contribution in [0.3, 0.4) is 0 Å². The van der Waals surface area contributed by atoms with E-state index in [0.29, 0.717) is 17.7 Å². The maximum atomic E-state index is 12.5. The Kier molecular flexibility index (Phi) is 14.2. The second-order valence-electron chi connectivity index (χ2n) is 8.82. The Morgan fingerprint density at radius 2 is 1.44 bits per heavy atom. The number of carbonyl (C=O) groups is 2. The molecule has 1 amide bonds. The molecule has 0 radical (unpaired) electrons. The average molecular weight is 468 g/mol. The van der Waals surface area contributed by atoms with Gasteiger partial charge >= 0.3 is 0 Å². The first-order chi connectivity index (χ1) is 16.7. The molecule has 0 saturated heterocycles. The molecule has 2 rings (SSSR count). The van der Waals surface area contributed by atoms with Gasteiger partial charge in [0, 0.05) is 11.3 Å². The molecule has 2 aromatic rings. The summed E-state index contributed by atoms with van der Waals surface area (Å²) in [7, 11) is 0. The predicted octanol–water partition coefficient (Wildman–Crippen LogP) is 7.69. The quantitative estimate of drug-likeness (QED) is 0.170. The van der Waals surface area contributed by atoms with Gasteiger partial charge in [0.1, 0.15) is 12.4 Å². The van der Waals surface area contributed by atoms with Gasteiger partial charge in [-0.3, -0.25) is 9.59 Å². The number of hydrogen-bond donors (Lipinski definition) is 1. The van der Waals surface area contributed by atoms with Gasteiger partial charge in [-0.2, -0.15) is 0 Å². The highest BCUT2D eigenvalue weighted by Crippen LogP contribution is 2.18. The van der Waals surface area contributed by atoms with E-state index in [1.807, 2.05) is 30.3 Å². The molecule has 1 N–H and O–H groups in total. The number of benzene rings is 2. The molecule has 0 aromatic heterocycles. The fraction of sp³-hybridized carbons (Fsp3) is 0.517. The summed E-state index contributed by atoms with van der Waals surface area (Å²) in [5, 5.41) is 2.88. The monoisotopic (exact) mass is 467 g/mol. The van der Waals surface area contributed by atoms with Crippen molar-refractivity contribution in [2.45, 2.75) is 90.6 Å². The molecule has 5 nitrogen and oxygen atoms in total. The number of nitrogens with one attached hydrogen (secondary N) is 1. The molecule has 186 valence electrons. The van der Waals surface area contributed by atoms with Crippen LogP contribution >= 0.6 is 0 Å². The Morgan fingerprint density at radius 1 is 0.824 bits per heavy atom. The minimum absolute atomic E-state index is 0.149. The van der Waals surface area contributed by atoms with Crippen LogP contribution in [0, 0.1) is 0 Å². The highest BCUT2D eigenvalue weighted by molar-refractivity contribution is 6.04. The molecular weight excluding hydrogens is 426 g/mol. The van der Waals surface area contributed by atoms with E-state index in [2.05, 4.69) is 12.2 Å². The van der Waals surface area contributed by atoms with Crippen molar-refractivity contribution < 1.29 is 19.1 Å². The van der Waals surface area contributed by atoms with Crippen molar-refractivity contribution in [3.8, 4) is 5.75 Å². The Labute approximate surface area is 205 Å². The third-order valence-corrected chi connectivity index (χ3v) is 5.89. The first-order valence-corrected chi connectivity index (χ1v) is 12.9. The lowest BCUT2D eigenvalue weighted by molar-refractivity contribution is -0.129. The van der Waals surface area contributed by atoms with Crippen LogP contribution in [0.1, 0.15) is 99.9 Å². The number of carbonyl (C=O) groups excluding carboxylic acids is 2. The molecule has 0 aliphatic carbocycles. The molecule has 0 aliphatic rings. The van der Waals surface area contributed by atoms with Crippen molar-refractivity contribution in [3.05, 3.63) is 59.7 Å². The van der Waals surface area contributed by atoms with Crippen LogP contribution < -0.4 is 10.1 Å². The van der Waals surface area contributed by atoms with E-state index >= 15 is 0 Å². The van der Waals surface area contributed by atoms with Gasteiger partial charge in [0.05, 0.1) is 6.61 Å². The van der Waals surface area contributed by atoms with E-state index in [9.17, 15) is 9.59 Å². The molecule has 0 spiro atoms. The minimum Gasteiger partial charge on any atom is -0.494 e. The second kappa shape index (κ2) is 17.6. The zero-order valence-corrected chi connectivity index (χ0v) is 20.7. The molecule has 0 saturated carbocycles. The van der Waals surface area contributed by atoms with Gasteiger partial charge in [-0.1, -0.05) is 89.7 Å². The van der Waals surface area contributed by atoms with E-state index in [0.717, 1.165) is 24.3 Å². The van der Waals surface area contributed by atoms with Gasteiger partial charge < -0.3 is 14.8 Å². The molecular formula is C29H41NO4. The lowest BCUT2D eigenvalue weighted by atomic mass is 10.1. The molecule has 0 unspecified atom stereocenters. The maximum absolute atomic E-state index is 12.5. The van der Waals surface area contributed by atoms with E-state index in [1.165, 1.54) is 70.6 Å². The lowest BCUT2D eigenvalue weighted by Gasteiger charge is -2.09. The topological polar surface area (TPSA) is 64.6 Å². The normalized spacial score (nSPS) is 10.6. The number of ether oxygens (including phenoxy) is 2. The summed E-state index contributed by atoms with van der Waals surface area (Å²) in [6.07, 6.45) is 16.0. The maximum Gasteiger partial charge on any atom is 0.293 e. The third kappa shape index (κ3) is 11.9. The number of rotatable bonds is 19. The zero-order valence-electron chi connectivity index (χ0n) is 20.7. The Morgan fingerprint density at radius 3 is 2.06 bits per heavy atom. The van der Waals surface area contributed by atoms with Crippen molar-refractivity contribution in [2.75, 3.05) is 11.9 Å². The van der Waals surface area contributed by atoms with Gasteiger partial charge in [-0.05, 0) is 48.4 Å². The first-order valence-electron chi connectivity index (χ1n) is 12.9. The van der Waals surface area contributed by atoms with E-state index in [-0.39, 0.29) is 12.5 Å². The SMILES string of the molecule is CCCCCCCCCCCCCCOc1ccc(NC(=O)c2cccc(COC=O)c2)cc1. The predicted molar refractivity (Wildman–Crippen MR) is 138 cm³/mol. The van der Waals surface area contributed by atoms with Crippen molar-refractivity contribution in [3.63, 3.8) is 0 Å². The summed E-state index contributed by atoms with van der Waals surface area (Å²) in [5.41, 5.74) is 1.98. The highest BCUT2D eigenvalue weighted by atomic mass is 16.5. The molecule has 2 aromatic carbocycles.